The number of methoxy groups -OCH3 is 1. The molecule has 0 amide bonds. The molecule has 0 atom stereocenters. The van der Waals surface area contributed by atoms with E-state index in [1.54, 1.807) is 0 Å². The van der Waals surface area contributed by atoms with E-state index in [9.17, 15) is 4.39 Å². The van der Waals surface area contributed by atoms with Crippen molar-refractivity contribution in [1.29, 1.82) is 0 Å². The Morgan fingerprint density at radius 3 is 2.83 bits per heavy atom. The van der Waals surface area contributed by atoms with E-state index in [0.717, 1.165) is 0 Å². The molecule has 0 aliphatic rings. The number of aromatic nitrogens is 2. The molecule has 0 bridgehead atoms. The molecule has 1 aromatic heterocycles. The van der Waals surface area contributed by atoms with Gasteiger partial charge in [0.15, 0.2) is 5.82 Å². The first-order valence-electron chi connectivity index (χ1n) is 4.89. The van der Waals surface area contributed by atoms with Crippen LogP contribution in [0, 0.1) is 5.82 Å². The topological polar surface area (TPSA) is 47.0 Å². The van der Waals surface area contributed by atoms with Crippen molar-refractivity contribution in [2.24, 2.45) is 0 Å². The minimum Gasteiger partial charge on any atom is -0.497 e. The lowest BCUT2D eigenvalue weighted by Gasteiger charge is -2.09. The van der Waals surface area contributed by atoms with Crippen molar-refractivity contribution in [2.75, 3.05) is 12.4 Å². The number of ether oxygens (including phenoxy) is 1. The number of nitrogens with zero attached hydrogens (tertiary/aromatic N) is 2. The summed E-state index contributed by atoms with van der Waals surface area (Å²) in [6.45, 7) is 0. The lowest BCUT2D eigenvalue weighted by Crippen LogP contribution is -1.99. The van der Waals surface area contributed by atoms with Crippen LogP contribution in [-0.2, 0) is 0 Å². The van der Waals surface area contributed by atoms with Crippen LogP contribution in [-0.4, -0.2) is 17.1 Å². The zero-order valence-electron chi connectivity index (χ0n) is 9.25. The quantitative estimate of drug-likeness (QED) is 0.875. The predicted molar refractivity (Wildman–Crippen MR) is 68.3 cm³/mol. The lowest BCUT2D eigenvalue weighted by atomic mass is 10.3. The monoisotopic (exact) mass is 287 g/mol. The van der Waals surface area contributed by atoms with Gasteiger partial charge in [-0.3, -0.25) is 0 Å². The Morgan fingerprint density at radius 2 is 2.11 bits per heavy atom. The van der Waals surface area contributed by atoms with E-state index in [2.05, 4.69) is 15.3 Å². The van der Waals surface area contributed by atoms with E-state index in [1.165, 1.54) is 31.5 Å². The molecule has 0 radical (unpaired) electrons. The van der Waals surface area contributed by atoms with Crippen molar-refractivity contribution in [1.82, 2.24) is 9.97 Å². The molecule has 0 saturated carbocycles. The number of hydrogen-bond donors (Lipinski definition) is 1. The highest BCUT2D eigenvalue weighted by molar-refractivity contribution is 6.33. The molecular weight excluding hydrogens is 280 g/mol. The average Bonchev–Trinajstić information content (AvgIpc) is 2.36. The summed E-state index contributed by atoms with van der Waals surface area (Å²) in [6.07, 6.45) is 1.33. The van der Waals surface area contributed by atoms with E-state index in [1.807, 2.05) is 0 Å². The van der Waals surface area contributed by atoms with Crippen molar-refractivity contribution in [3.8, 4) is 5.75 Å². The number of anilines is 2. The summed E-state index contributed by atoms with van der Waals surface area (Å²) in [4.78, 5) is 7.57. The molecule has 2 rings (SSSR count). The van der Waals surface area contributed by atoms with Gasteiger partial charge in [-0.15, -0.1) is 0 Å². The number of halogens is 3. The van der Waals surface area contributed by atoms with E-state index in [0.29, 0.717) is 5.75 Å². The van der Waals surface area contributed by atoms with Crippen molar-refractivity contribution < 1.29 is 9.13 Å². The Bertz CT molecular complexity index is 580. The molecule has 4 nitrogen and oxygen atoms in total. The van der Waals surface area contributed by atoms with Crippen LogP contribution in [0.5, 0.6) is 5.75 Å². The summed E-state index contributed by atoms with van der Waals surface area (Å²) in [6, 6.07) is 4.27. The van der Waals surface area contributed by atoms with E-state index in [4.69, 9.17) is 27.9 Å². The van der Waals surface area contributed by atoms with Gasteiger partial charge in [-0.2, -0.15) is 4.98 Å². The first-order valence-corrected chi connectivity index (χ1v) is 5.64. The molecular formula is C11H8Cl2FN3O. The molecule has 0 saturated heterocycles. The summed E-state index contributed by atoms with van der Waals surface area (Å²) in [5, 5.41) is 2.99. The maximum atomic E-state index is 13.6. The SMILES string of the molecule is COc1ccc(F)c(Nc2nc(Cl)ncc2Cl)c1. The minimum atomic E-state index is -0.457. The van der Waals surface area contributed by atoms with Gasteiger partial charge in [-0.05, 0) is 23.7 Å². The molecule has 0 spiro atoms. The van der Waals surface area contributed by atoms with Crippen LogP contribution in [0.1, 0.15) is 0 Å². The fourth-order valence-electron chi connectivity index (χ4n) is 1.29. The van der Waals surface area contributed by atoms with Gasteiger partial charge >= 0.3 is 0 Å². The number of hydrogen-bond acceptors (Lipinski definition) is 4. The van der Waals surface area contributed by atoms with Gasteiger partial charge in [-0.1, -0.05) is 11.6 Å². The van der Waals surface area contributed by atoms with Crippen LogP contribution in [0.2, 0.25) is 10.3 Å². The van der Waals surface area contributed by atoms with Crippen LogP contribution in [0.3, 0.4) is 0 Å². The Kier molecular flexibility index (Phi) is 3.84. The van der Waals surface area contributed by atoms with E-state index in [-0.39, 0.29) is 21.8 Å². The van der Waals surface area contributed by atoms with Crippen LogP contribution < -0.4 is 10.1 Å². The second-order valence-electron chi connectivity index (χ2n) is 3.31. The Morgan fingerprint density at radius 1 is 1.33 bits per heavy atom. The Labute approximate surface area is 113 Å². The standard InChI is InChI=1S/C11H8Cl2FN3O/c1-18-6-2-3-8(14)9(4-6)16-10-7(12)5-15-11(13)17-10/h2-5H,1H3,(H,15,16,17). The average molecular weight is 288 g/mol. The molecule has 94 valence electrons. The van der Waals surface area contributed by atoms with Crippen molar-refractivity contribution in [2.45, 2.75) is 0 Å². The zero-order chi connectivity index (χ0) is 13.1. The molecule has 1 heterocycles. The van der Waals surface area contributed by atoms with Gasteiger partial charge < -0.3 is 10.1 Å². The zero-order valence-corrected chi connectivity index (χ0v) is 10.8. The summed E-state index contributed by atoms with van der Waals surface area (Å²) >= 11 is 11.5. The van der Waals surface area contributed by atoms with E-state index < -0.39 is 5.82 Å². The van der Waals surface area contributed by atoms with E-state index >= 15 is 0 Å². The lowest BCUT2D eigenvalue weighted by molar-refractivity contribution is 0.414. The molecule has 2 aromatic rings. The van der Waals surface area contributed by atoms with Crippen molar-refractivity contribution in [3.63, 3.8) is 0 Å². The Balaban J connectivity index is 2.36. The van der Waals surface area contributed by atoms with Crippen molar-refractivity contribution >= 4 is 34.7 Å². The molecule has 0 aliphatic carbocycles. The predicted octanol–water partition coefficient (Wildman–Crippen LogP) is 3.67. The highest BCUT2D eigenvalue weighted by Crippen LogP contribution is 2.27. The smallest absolute Gasteiger partial charge is 0.224 e. The van der Waals surface area contributed by atoms with Gasteiger partial charge in [0.25, 0.3) is 0 Å². The third-order valence-electron chi connectivity index (χ3n) is 2.14. The minimum absolute atomic E-state index is 0.0187. The second kappa shape index (κ2) is 5.37. The largest absolute Gasteiger partial charge is 0.497 e. The van der Waals surface area contributed by atoms with Gasteiger partial charge in [0.05, 0.1) is 19.0 Å². The van der Waals surface area contributed by atoms with Crippen LogP contribution >= 0.6 is 23.2 Å². The van der Waals surface area contributed by atoms with Crippen LogP contribution in [0.15, 0.2) is 24.4 Å². The maximum Gasteiger partial charge on any atom is 0.224 e. The molecule has 0 aliphatic heterocycles. The Hall–Kier alpha value is -1.59. The fraction of sp³-hybridized carbons (Fsp3) is 0.0909. The number of rotatable bonds is 3. The first-order chi connectivity index (χ1) is 8.60. The summed E-state index contributed by atoms with van der Waals surface area (Å²) < 4.78 is 18.6. The fourth-order valence-corrected chi connectivity index (χ4v) is 1.56. The summed E-state index contributed by atoms with van der Waals surface area (Å²) in [5.74, 6) is 0.278. The van der Waals surface area contributed by atoms with Crippen molar-refractivity contribution in [3.05, 3.63) is 40.5 Å². The maximum absolute atomic E-state index is 13.6. The first kappa shape index (κ1) is 12.9. The van der Waals surface area contributed by atoms with Gasteiger partial charge in [-0.25, -0.2) is 9.37 Å². The number of benzene rings is 1. The normalized spacial score (nSPS) is 10.2. The highest BCUT2D eigenvalue weighted by atomic mass is 35.5. The summed E-state index contributed by atoms with van der Waals surface area (Å²) in [5.41, 5.74) is 0.186. The number of nitrogens with one attached hydrogen (secondary N) is 1. The highest BCUT2D eigenvalue weighted by Gasteiger charge is 2.09. The third kappa shape index (κ3) is 2.80. The molecule has 0 unspecified atom stereocenters. The third-order valence-corrected chi connectivity index (χ3v) is 2.60. The molecule has 0 fully saturated rings. The molecule has 7 heteroatoms. The van der Waals surface area contributed by atoms with Gasteiger partial charge in [0.1, 0.15) is 16.6 Å². The van der Waals surface area contributed by atoms with Crippen LogP contribution in [0.25, 0.3) is 0 Å². The van der Waals surface area contributed by atoms with Gasteiger partial charge in [0.2, 0.25) is 5.28 Å². The summed E-state index contributed by atoms with van der Waals surface area (Å²) in [7, 11) is 1.49. The second-order valence-corrected chi connectivity index (χ2v) is 4.05. The molecule has 18 heavy (non-hydrogen) atoms. The molecule has 1 N–H and O–H groups in total. The molecule has 1 aromatic carbocycles. The van der Waals surface area contributed by atoms with Crippen LogP contribution in [0.4, 0.5) is 15.9 Å². The van der Waals surface area contributed by atoms with Gasteiger partial charge in [0, 0.05) is 6.07 Å².